The number of ether oxygens (including phenoxy) is 3. The Morgan fingerprint density at radius 3 is 2.89 bits per heavy atom. The Bertz CT molecular complexity index is 193. The Morgan fingerprint density at radius 1 is 1.22 bits per heavy atom. The van der Waals surface area contributed by atoms with Crippen molar-refractivity contribution in [2.24, 2.45) is 0 Å². The van der Waals surface area contributed by atoms with Crippen LogP contribution in [0.3, 0.4) is 0 Å². The molecule has 4 nitrogen and oxygen atoms in total. The molecule has 0 aromatic carbocycles. The largest absolute Gasteiger partial charge is 0.454 e. The Hall–Kier alpha value is -1.19. The zero-order chi connectivity index (χ0) is 6.27. The second kappa shape index (κ2) is 1.40. The molecule has 2 aliphatic rings. The lowest BCUT2D eigenvalue weighted by Crippen LogP contribution is -2.02. The van der Waals surface area contributed by atoms with Crippen molar-refractivity contribution in [2.75, 3.05) is 13.4 Å². The molecule has 2 heterocycles. The first-order valence-corrected chi connectivity index (χ1v) is 2.54. The predicted octanol–water partition coefficient (Wildman–Crippen LogP) is -0.241. The fourth-order valence-electron chi connectivity index (χ4n) is 0.782. The molecule has 0 N–H and O–H groups in total. The van der Waals surface area contributed by atoms with Gasteiger partial charge in [-0.1, -0.05) is 0 Å². The molecular weight excluding hydrogens is 124 g/mol. The quantitative estimate of drug-likeness (QED) is 0.422. The zero-order valence-corrected chi connectivity index (χ0v) is 4.55. The molecule has 2 rings (SSSR count). The highest BCUT2D eigenvalue weighted by Crippen LogP contribution is 2.23. The van der Waals surface area contributed by atoms with Crippen LogP contribution in [-0.4, -0.2) is 19.4 Å². The lowest BCUT2D eigenvalue weighted by molar-refractivity contribution is -0.141. The van der Waals surface area contributed by atoms with Crippen LogP contribution in [0.5, 0.6) is 0 Å². The van der Waals surface area contributed by atoms with Crippen LogP contribution in [0.1, 0.15) is 0 Å². The first kappa shape index (κ1) is 4.67. The van der Waals surface area contributed by atoms with Gasteiger partial charge in [-0.25, -0.2) is 4.79 Å². The molecule has 0 fully saturated rings. The monoisotopic (exact) mass is 128 g/mol. The predicted molar refractivity (Wildman–Crippen MR) is 25.0 cm³/mol. The molecule has 48 valence electrons. The molecule has 0 aromatic heterocycles. The maximum absolute atomic E-state index is 10.6. The van der Waals surface area contributed by atoms with Gasteiger partial charge in [0.15, 0.2) is 12.4 Å². The summed E-state index contributed by atoms with van der Waals surface area (Å²) < 4.78 is 14.2. The van der Waals surface area contributed by atoms with E-state index in [1.165, 1.54) is 0 Å². The average molecular weight is 128 g/mol. The average Bonchev–Trinajstić information content (AvgIpc) is 2.35. The molecule has 2 aliphatic heterocycles. The molecule has 0 saturated heterocycles. The molecule has 0 spiro atoms. The summed E-state index contributed by atoms with van der Waals surface area (Å²) in [6, 6.07) is 0. The van der Waals surface area contributed by atoms with Crippen molar-refractivity contribution in [1.29, 1.82) is 0 Å². The number of hydrogen-bond donors (Lipinski definition) is 0. The van der Waals surface area contributed by atoms with Crippen molar-refractivity contribution >= 4 is 5.97 Å². The highest BCUT2D eigenvalue weighted by atomic mass is 16.7. The van der Waals surface area contributed by atoms with E-state index in [9.17, 15) is 4.79 Å². The number of esters is 1. The van der Waals surface area contributed by atoms with Crippen molar-refractivity contribution in [3.8, 4) is 0 Å². The van der Waals surface area contributed by atoms with Crippen LogP contribution in [0, 0.1) is 0 Å². The second-order valence-electron chi connectivity index (χ2n) is 1.73. The third-order valence-electron chi connectivity index (χ3n) is 1.21. The maximum Gasteiger partial charge on any atom is 0.377 e. The molecule has 9 heavy (non-hydrogen) atoms. The Morgan fingerprint density at radius 2 is 2.11 bits per heavy atom. The smallest absolute Gasteiger partial charge is 0.377 e. The molecule has 0 aromatic rings. The minimum absolute atomic E-state index is 0.153. The Kier molecular flexibility index (Phi) is 0.726. The first-order valence-electron chi connectivity index (χ1n) is 2.54. The SMILES string of the molecule is O=C1OCC2=C1OCO2. The Balaban J connectivity index is 2.34. The van der Waals surface area contributed by atoms with Crippen molar-refractivity contribution < 1.29 is 19.0 Å². The lowest BCUT2D eigenvalue weighted by Gasteiger charge is -1.97. The van der Waals surface area contributed by atoms with Gasteiger partial charge in [-0.2, -0.15) is 0 Å². The summed E-state index contributed by atoms with van der Waals surface area (Å²) in [6.07, 6.45) is 0. The fourth-order valence-corrected chi connectivity index (χ4v) is 0.782. The van der Waals surface area contributed by atoms with Crippen molar-refractivity contribution in [2.45, 2.75) is 0 Å². The summed E-state index contributed by atoms with van der Waals surface area (Å²) >= 11 is 0. The van der Waals surface area contributed by atoms with Gasteiger partial charge in [-0.15, -0.1) is 0 Å². The van der Waals surface area contributed by atoms with Crippen molar-refractivity contribution in [3.63, 3.8) is 0 Å². The molecule has 4 heteroatoms. The number of rotatable bonds is 0. The summed E-state index contributed by atoms with van der Waals surface area (Å²) in [5.41, 5.74) is 0. The molecule has 0 radical (unpaired) electrons. The van der Waals surface area contributed by atoms with Gasteiger partial charge < -0.3 is 14.2 Å². The molecule has 0 aliphatic carbocycles. The van der Waals surface area contributed by atoms with Crippen LogP contribution >= 0.6 is 0 Å². The molecule has 0 atom stereocenters. The first-order chi connectivity index (χ1) is 4.38. The van der Waals surface area contributed by atoms with E-state index in [1.54, 1.807) is 0 Å². The normalized spacial score (nSPS) is 22.9. The van der Waals surface area contributed by atoms with E-state index in [-0.39, 0.29) is 19.2 Å². The van der Waals surface area contributed by atoms with Gasteiger partial charge in [0.05, 0.1) is 0 Å². The number of carbonyl (C=O) groups is 1. The fraction of sp³-hybridized carbons (Fsp3) is 0.400. The van der Waals surface area contributed by atoms with Crippen LogP contribution in [0.2, 0.25) is 0 Å². The molecule has 0 bridgehead atoms. The van der Waals surface area contributed by atoms with E-state index in [2.05, 4.69) is 4.74 Å². The standard InChI is InChI=1S/C5H4O4/c6-5-4-3(1-7-5)8-2-9-4/h1-2H2. The van der Waals surface area contributed by atoms with Gasteiger partial charge >= 0.3 is 5.97 Å². The summed E-state index contributed by atoms with van der Waals surface area (Å²) in [6.45, 7) is 0.383. The summed E-state index contributed by atoms with van der Waals surface area (Å²) in [4.78, 5) is 10.6. The number of hydrogen-bond acceptors (Lipinski definition) is 4. The van der Waals surface area contributed by atoms with Gasteiger partial charge in [0, 0.05) is 0 Å². The third-order valence-corrected chi connectivity index (χ3v) is 1.21. The van der Waals surface area contributed by atoms with Gasteiger partial charge in [-0.3, -0.25) is 0 Å². The summed E-state index contributed by atoms with van der Waals surface area (Å²) in [5.74, 6) is 0.359. The highest BCUT2D eigenvalue weighted by Gasteiger charge is 2.32. The van der Waals surface area contributed by atoms with E-state index in [4.69, 9.17) is 9.47 Å². The van der Waals surface area contributed by atoms with Gasteiger partial charge in [0.2, 0.25) is 12.6 Å². The van der Waals surface area contributed by atoms with Crippen LogP contribution in [0.4, 0.5) is 0 Å². The van der Waals surface area contributed by atoms with Crippen LogP contribution < -0.4 is 0 Å². The summed E-state index contributed by atoms with van der Waals surface area (Å²) in [7, 11) is 0. The van der Waals surface area contributed by atoms with Crippen molar-refractivity contribution in [1.82, 2.24) is 0 Å². The van der Waals surface area contributed by atoms with E-state index in [0.29, 0.717) is 5.76 Å². The van der Waals surface area contributed by atoms with E-state index < -0.39 is 5.97 Å². The highest BCUT2D eigenvalue weighted by molar-refractivity contribution is 5.89. The molecule has 0 unspecified atom stereocenters. The van der Waals surface area contributed by atoms with Gasteiger partial charge in [0.25, 0.3) is 0 Å². The number of carbonyl (C=O) groups excluding carboxylic acids is 1. The van der Waals surface area contributed by atoms with E-state index in [1.807, 2.05) is 0 Å². The molecular formula is C5H4O4. The molecule has 0 amide bonds. The Labute approximate surface area is 51.0 Å². The van der Waals surface area contributed by atoms with E-state index >= 15 is 0 Å². The summed E-state index contributed by atoms with van der Waals surface area (Å²) in [5, 5.41) is 0. The second-order valence-corrected chi connectivity index (χ2v) is 1.73. The minimum Gasteiger partial charge on any atom is -0.454 e. The zero-order valence-electron chi connectivity index (χ0n) is 4.55. The van der Waals surface area contributed by atoms with Crippen LogP contribution in [0.15, 0.2) is 11.5 Å². The minimum atomic E-state index is -0.414. The molecule has 0 saturated carbocycles. The van der Waals surface area contributed by atoms with Crippen LogP contribution in [0.25, 0.3) is 0 Å². The maximum atomic E-state index is 10.6. The third kappa shape index (κ3) is 0.497. The van der Waals surface area contributed by atoms with Crippen molar-refractivity contribution in [3.05, 3.63) is 11.5 Å². The lowest BCUT2D eigenvalue weighted by atomic mass is 10.5. The number of cyclic esters (lactones) is 1. The van der Waals surface area contributed by atoms with Gasteiger partial charge in [-0.05, 0) is 0 Å². The van der Waals surface area contributed by atoms with Gasteiger partial charge in [0.1, 0.15) is 0 Å². The topological polar surface area (TPSA) is 44.8 Å². The van der Waals surface area contributed by atoms with E-state index in [0.717, 1.165) is 0 Å². The van der Waals surface area contributed by atoms with Crippen LogP contribution in [-0.2, 0) is 19.0 Å².